The Labute approximate surface area is 125 Å². The Kier molecular flexibility index (Phi) is 6.02. The first-order valence-electron chi connectivity index (χ1n) is 7.36. The molecule has 0 spiro atoms. The number of aromatic carboxylic acids is 1. The molecule has 116 valence electrons. The number of ether oxygens (including phenoxy) is 2. The fourth-order valence-electron chi connectivity index (χ4n) is 2.66. The van der Waals surface area contributed by atoms with E-state index in [1.54, 1.807) is 31.4 Å². The van der Waals surface area contributed by atoms with Crippen LogP contribution in [0.25, 0.3) is 0 Å². The first-order chi connectivity index (χ1) is 10.2. The second-order valence-corrected chi connectivity index (χ2v) is 5.44. The predicted octanol–water partition coefficient (Wildman–Crippen LogP) is 2.12. The molecule has 2 rings (SSSR count). The van der Waals surface area contributed by atoms with Crippen molar-refractivity contribution in [3.63, 3.8) is 0 Å². The number of nitrogens with zero attached hydrogens (tertiary/aromatic N) is 1. The van der Waals surface area contributed by atoms with Crippen molar-refractivity contribution < 1.29 is 19.4 Å². The molecule has 5 nitrogen and oxygen atoms in total. The van der Waals surface area contributed by atoms with Gasteiger partial charge in [0.15, 0.2) is 0 Å². The molecule has 0 saturated carbocycles. The van der Waals surface area contributed by atoms with E-state index in [2.05, 4.69) is 4.90 Å². The molecule has 1 fully saturated rings. The zero-order valence-corrected chi connectivity index (χ0v) is 12.5. The molecule has 1 unspecified atom stereocenters. The molecule has 1 aliphatic rings. The van der Waals surface area contributed by atoms with Crippen LogP contribution < -0.4 is 4.74 Å². The number of carbonyl (C=O) groups is 1. The summed E-state index contributed by atoms with van der Waals surface area (Å²) in [5, 5.41) is 8.82. The third-order valence-corrected chi connectivity index (χ3v) is 3.76. The second-order valence-electron chi connectivity index (χ2n) is 5.44. The molecule has 1 heterocycles. The van der Waals surface area contributed by atoms with Gasteiger partial charge in [-0.15, -0.1) is 0 Å². The lowest BCUT2D eigenvalue weighted by Crippen LogP contribution is -2.24. The number of hydrogen-bond acceptors (Lipinski definition) is 4. The lowest BCUT2D eigenvalue weighted by molar-refractivity contribution is 0.0697. The van der Waals surface area contributed by atoms with Crippen LogP contribution in [0.3, 0.4) is 0 Å². The van der Waals surface area contributed by atoms with Crippen LogP contribution in [0.15, 0.2) is 24.3 Å². The minimum Gasteiger partial charge on any atom is -0.494 e. The standard InChI is InChI=1S/C16H23NO4/c1-20-12-13-7-9-17(11-13)8-2-10-21-15-5-3-14(4-6-15)16(18)19/h3-6,13H,2,7-12H2,1H3,(H,18,19). The topological polar surface area (TPSA) is 59.0 Å². The van der Waals surface area contributed by atoms with Crippen LogP contribution in [0.1, 0.15) is 23.2 Å². The first-order valence-corrected chi connectivity index (χ1v) is 7.36. The molecule has 1 saturated heterocycles. The van der Waals surface area contributed by atoms with Gasteiger partial charge in [0.1, 0.15) is 5.75 Å². The number of rotatable bonds is 8. The van der Waals surface area contributed by atoms with Crippen molar-refractivity contribution >= 4 is 5.97 Å². The van der Waals surface area contributed by atoms with Crippen LogP contribution in [-0.2, 0) is 4.74 Å². The van der Waals surface area contributed by atoms with Crippen molar-refractivity contribution in [1.82, 2.24) is 4.90 Å². The van der Waals surface area contributed by atoms with Gasteiger partial charge in [0, 0.05) is 20.2 Å². The van der Waals surface area contributed by atoms with Gasteiger partial charge in [-0.2, -0.15) is 0 Å². The van der Waals surface area contributed by atoms with Crippen molar-refractivity contribution in [2.45, 2.75) is 12.8 Å². The fourth-order valence-corrected chi connectivity index (χ4v) is 2.66. The molecule has 21 heavy (non-hydrogen) atoms. The smallest absolute Gasteiger partial charge is 0.335 e. The summed E-state index contributed by atoms with van der Waals surface area (Å²) in [6, 6.07) is 6.53. The number of hydrogen-bond donors (Lipinski definition) is 1. The number of methoxy groups -OCH3 is 1. The maximum Gasteiger partial charge on any atom is 0.335 e. The Balaban J connectivity index is 1.62. The van der Waals surface area contributed by atoms with Crippen LogP contribution in [0.5, 0.6) is 5.75 Å². The van der Waals surface area contributed by atoms with Gasteiger partial charge >= 0.3 is 5.97 Å². The maximum atomic E-state index is 10.7. The molecule has 1 N–H and O–H groups in total. The molecule has 0 radical (unpaired) electrons. The Morgan fingerprint density at radius 3 is 2.81 bits per heavy atom. The van der Waals surface area contributed by atoms with Gasteiger partial charge in [0.05, 0.1) is 18.8 Å². The van der Waals surface area contributed by atoms with E-state index in [-0.39, 0.29) is 5.56 Å². The van der Waals surface area contributed by atoms with Crippen molar-refractivity contribution in [2.75, 3.05) is 40.0 Å². The zero-order chi connectivity index (χ0) is 15.1. The molecule has 0 aromatic heterocycles. The van der Waals surface area contributed by atoms with E-state index in [1.807, 2.05) is 0 Å². The highest BCUT2D eigenvalue weighted by molar-refractivity contribution is 5.87. The van der Waals surface area contributed by atoms with Crippen molar-refractivity contribution in [1.29, 1.82) is 0 Å². The average Bonchev–Trinajstić information content (AvgIpc) is 2.92. The van der Waals surface area contributed by atoms with Crippen LogP contribution in [0.2, 0.25) is 0 Å². The van der Waals surface area contributed by atoms with Crippen LogP contribution in [-0.4, -0.2) is 55.9 Å². The highest BCUT2D eigenvalue weighted by atomic mass is 16.5. The van der Waals surface area contributed by atoms with Crippen molar-refractivity contribution in [3.8, 4) is 5.75 Å². The van der Waals surface area contributed by atoms with Gasteiger partial charge in [0.2, 0.25) is 0 Å². The van der Waals surface area contributed by atoms with Gasteiger partial charge in [-0.3, -0.25) is 0 Å². The molecule has 1 atom stereocenters. The second kappa shape index (κ2) is 8.00. The highest BCUT2D eigenvalue weighted by Gasteiger charge is 2.21. The molecule has 0 bridgehead atoms. The molecule has 0 amide bonds. The maximum absolute atomic E-state index is 10.7. The summed E-state index contributed by atoms with van der Waals surface area (Å²) in [6.07, 6.45) is 2.19. The third-order valence-electron chi connectivity index (χ3n) is 3.76. The Bertz CT molecular complexity index is 446. The molecular formula is C16H23NO4. The summed E-state index contributed by atoms with van der Waals surface area (Å²) in [5.41, 5.74) is 0.281. The minimum atomic E-state index is -0.916. The molecular weight excluding hydrogens is 270 g/mol. The van der Waals surface area contributed by atoms with E-state index in [0.717, 1.165) is 38.4 Å². The number of carboxylic acids is 1. The summed E-state index contributed by atoms with van der Waals surface area (Å²) < 4.78 is 10.8. The largest absolute Gasteiger partial charge is 0.494 e. The third kappa shape index (κ3) is 5.02. The van der Waals surface area contributed by atoms with Crippen LogP contribution in [0, 0.1) is 5.92 Å². The highest BCUT2D eigenvalue weighted by Crippen LogP contribution is 2.17. The van der Waals surface area contributed by atoms with E-state index in [4.69, 9.17) is 14.6 Å². The molecule has 5 heteroatoms. The summed E-state index contributed by atoms with van der Waals surface area (Å²) in [6.45, 7) is 4.79. The van der Waals surface area contributed by atoms with Gasteiger partial charge in [0.25, 0.3) is 0 Å². The number of likely N-dealkylation sites (tertiary alicyclic amines) is 1. The monoisotopic (exact) mass is 293 g/mol. The normalized spacial score (nSPS) is 18.8. The van der Waals surface area contributed by atoms with Crippen LogP contribution >= 0.6 is 0 Å². The Hall–Kier alpha value is -1.59. The zero-order valence-electron chi connectivity index (χ0n) is 12.5. The number of benzene rings is 1. The van der Waals surface area contributed by atoms with Gasteiger partial charge in [-0.05, 0) is 49.6 Å². The Morgan fingerprint density at radius 2 is 2.14 bits per heavy atom. The van der Waals surface area contributed by atoms with E-state index in [1.165, 1.54) is 6.42 Å². The van der Waals surface area contributed by atoms with Crippen LogP contribution in [0.4, 0.5) is 0 Å². The Morgan fingerprint density at radius 1 is 1.38 bits per heavy atom. The molecule has 1 aliphatic heterocycles. The first kappa shape index (κ1) is 15.8. The number of carboxylic acid groups (broad SMARTS) is 1. The van der Waals surface area contributed by atoms with E-state index < -0.39 is 5.97 Å². The fraction of sp³-hybridized carbons (Fsp3) is 0.562. The summed E-state index contributed by atoms with van der Waals surface area (Å²) in [5.74, 6) is 0.472. The quantitative estimate of drug-likeness (QED) is 0.744. The minimum absolute atomic E-state index is 0.281. The van der Waals surface area contributed by atoms with Crippen molar-refractivity contribution in [2.24, 2.45) is 5.92 Å². The molecule has 1 aromatic rings. The summed E-state index contributed by atoms with van der Waals surface area (Å²) in [4.78, 5) is 13.2. The SMILES string of the molecule is COCC1CCN(CCCOc2ccc(C(=O)O)cc2)C1. The van der Waals surface area contributed by atoms with Gasteiger partial charge in [-0.1, -0.05) is 0 Å². The molecule has 0 aliphatic carbocycles. The lowest BCUT2D eigenvalue weighted by Gasteiger charge is -2.16. The van der Waals surface area contributed by atoms with E-state index in [9.17, 15) is 4.79 Å². The average molecular weight is 293 g/mol. The predicted molar refractivity (Wildman–Crippen MR) is 79.9 cm³/mol. The lowest BCUT2D eigenvalue weighted by atomic mass is 10.1. The summed E-state index contributed by atoms with van der Waals surface area (Å²) in [7, 11) is 1.76. The molecule has 1 aromatic carbocycles. The van der Waals surface area contributed by atoms with Gasteiger partial charge in [-0.25, -0.2) is 4.79 Å². The van der Waals surface area contributed by atoms with Gasteiger partial charge < -0.3 is 19.5 Å². The van der Waals surface area contributed by atoms with Crippen molar-refractivity contribution in [3.05, 3.63) is 29.8 Å². The van der Waals surface area contributed by atoms with E-state index in [0.29, 0.717) is 12.5 Å². The van der Waals surface area contributed by atoms with E-state index >= 15 is 0 Å². The summed E-state index contributed by atoms with van der Waals surface area (Å²) >= 11 is 0.